The fraction of sp³-hybridized carbons (Fsp3) is 0.917. The van der Waals surface area contributed by atoms with Crippen LogP contribution in [0.25, 0.3) is 0 Å². The zero-order chi connectivity index (χ0) is 12.7. The Balaban J connectivity index is 2.05. The van der Waals surface area contributed by atoms with Crippen LogP contribution in [0.5, 0.6) is 0 Å². The van der Waals surface area contributed by atoms with Gasteiger partial charge in [-0.3, -0.25) is 9.69 Å². The molecule has 1 fully saturated rings. The van der Waals surface area contributed by atoms with E-state index < -0.39 is 0 Å². The molecule has 1 amide bonds. The summed E-state index contributed by atoms with van der Waals surface area (Å²) in [6.07, 6.45) is 1.00. The topological polar surface area (TPSA) is 41.6 Å². The van der Waals surface area contributed by atoms with Gasteiger partial charge in [-0.15, -0.1) is 0 Å². The summed E-state index contributed by atoms with van der Waals surface area (Å²) in [6, 6.07) is 0. The molecule has 100 valence electrons. The van der Waals surface area contributed by atoms with Gasteiger partial charge in [0.15, 0.2) is 0 Å². The summed E-state index contributed by atoms with van der Waals surface area (Å²) in [5.74, 6) is 0.427. The number of nitrogens with one attached hydrogen (secondary N) is 1. The lowest BCUT2D eigenvalue weighted by Crippen LogP contribution is -2.39. The SMILES string of the molecule is CC(C)C(Br)C(=O)NCCCN1CCOCC1. The minimum absolute atomic E-state index is 0.0779. The highest BCUT2D eigenvalue weighted by Gasteiger charge is 2.17. The smallest absolute Gasteiger partial charge is 0.234 e. The molecule has 4 nitrogen and oxygen atoms in total. The van der Waals surface area contributed by atoms with Crippen LogP contribution in [-0.4, -0.2) is 55.0 Å². The molecule has 1 atom stereocenters. The van der Waals surface area contributed by atoms with Gasteiger partial charge in [0, 0.05) is 19.6 Å². The Labute approximate surface area is 112 Å². The Morgan fingerprint density at radius 2 is 2.06 bits per heavy atom. The van der Waals surface area contributed by atoms with E-state index in [4.69, 9.17) is 4.74 Å². The Kier molecular flexibility index (Phi) is 7.08. The summed E-state index contributed by atoms with van der Waals surface area (Å²) < 4.78 is 5.28. The van der Waals surface area contributed by atoms with E-state index in [1.165, 1.54) is 0 Å². The van der Waals surface area contributed by atoms with Crippen molar-refractivity contribution in [2.24, 2.45) is 5.92 Å². The monoisotopic (exact) mass is 306 g/mol. The van der Waals surface area contributed by atoms with Gasteiger partial charge in [0.05, 0.1) is 18.0 Å². The summed E-state index contributed by atoms with van der Waals surface area (Å²) >= 11 is 3.40. The molecule has 1 N–H and O–H groups in total. The first-order valence-electron chi connectivity index (χ1n) is 6.33. The standard InChI is InChI=1S/C12H23BrN2O2/c1-10(2)11(13)12(16)14-4-3-5-15-6-8-17-9-7-15/h10-11H,3-9H2,1-2H3,(H,14,16). The van der Waals surface area contributed by atoms with Gasteiger partial charge in [-0.25, -0.2) is 0 Å². The maximum absolute atomic E-state index is 11.6. The highest BCUT2D eigenvalue weighted by atomic mass is 79.9. The zero-order valence-electron chi connectivity index (χ0n) is 10.7. The lowest BCUT2D eigenvalue weighted by Gasteiger charge is -2.26. The van der Waals surface area contributed by atoms with Crippen molar-refractivity contribution < 1.29 is 9.53 Å². The van der Waals surface area contributed by atoms with Crippen LogP contribution in [0.2, 0.25) is 0 Å². The molecule has 1 unspecified atom stereocenters. The largest absolute Gasteiger partial charge is 0.379 e. The predicted molar refractivity (Wildman–Crippen MR) is 72.4 cm³/mol. The number of halogens is 1. The van der Waals surface area contributed by atoms with Crippen LogP contribution < -0.4 is 5.32 Å². The Bertz CT molecular complexity index is 231. The maximum Gasteiger partial charge on any atom is 0.234 e. The number of nitrogens with zero attached hydrogens (tertiary/aromatic N) is 1. The van der Waals surface area contributed by atoms with E-state index in [9.17, 15) is 4.79 Å². The molecule has 1 heterocycles. The van der Waals surface area contributed by atoms with Crippen LogP contribution in [0, 0.1) is 5.92 Å². The molecule has 0 radical (unpaired) electrons. The van der Waals surface area contributed by atoms with Crippen molar-refractivity contribution in [3.63, 3.8) is 0 Å². The third kappa shape index (κ3) is 5.84. The van der Waals surface area contributed by atoms with Gasteiger partial charge in [-0.1, -0.05) is 29.8 Å². The van der Waals surface area contributed by atoms with Crippen molar-refractivity contribution in [2.75, 3.05) is 39.4 Å². The van der Waals surface area contributed by atoms with Gasteiger partial charge in [0.25, 0.3) is 0 Å². The normalized spacial score (nSPS) is 19.3. The lowest BCUT2D eigenvalue weighted by molar-refractivity contribution is -0.121. The second-order valence-corrected chi connectivity index (χ2v) is 5.73. The van der Waals surface area contributed by atoms with Crippen molar-refractivity contribution in [1.82, 2.24) is 10.2 Å². The van der Waals surface area contributed by atoms with E-state index >= 15 is 0 Å². The first kappa shape index (κ1) is 14.9. The fourth-order valence-corrected chi connectivity index (χ4v) is 1.90. The molecule has 0 aromatic heterocycles. The molecule has 0 aromatic rings. The summed E-state index contributed by atoms with van der Waals surface area (Å²) in [7, 11) is 0. The van der Waals surface area contributed by atoms with Crippen LogP contribution in [0.15, 0.2) is 0 Å². The molecule has 17 heavy (non-hydrogen) atoms. The molecule has 1 saturated heterocycles. The summed E-state index contributed by atoms with van der Waals surface area (Å²) in [5.41, 5.74) is 0. The van der Waals surface area contributed by atoms with Crippen molar-refractivity contribution in [1.29, 1.82) is 0 Å². The van der Waals surface area contributed by atoms with Crippen LogP contribution in [0.4, 0.5) is 0 Å². The quantitative estimate of drug-likeness (QED) is 0.593. The molecule has 0 saturated carbocycles. The maximum atomic E-state index is 11.6. The zero-order valence-corrected chi connectivity index (χ0v) is 12.3. The molecule has 0 spiro atoms. The molecule has 5 heteroatoms. The average molecular weight is 307 g/mol. The Hall–Kier alpha value is -0.130. The van der Waals surface area contributed by atoms with Crippen LogP contribution in [0.1, 0.15) is 20.3 Å². The number of carbonyl (C=O) groups excluding carboxylic acids is 1. The van der Waals surface area contributed by atoms with Crippen molar-refractivity contribution in [2.45, 2.75) is 25.1 Å². The number of morpholine rings is 1. The highest BCUT2D eigenvalue weighted by Crippen LogP contribution is 2.11. The average Bonchev–Trinajstić information content (AvgIpc) is 2.34. The van der Waals surface area contributed by atoms with E-state index in [-0.39, 0.29) is 10.7 Å². The van der Waals surface area contributed by atoms with E-state index in [0.717, 1.165) is 45.8 Å². The number of carbonyl (C=O) groups is 1. The predicted octanol–water partition coefficient (Wildman–Crippen LogP) is 1.24. The van der Waals surface area contributed by atoms with E-state index in [1.54, 1.807) is 0 Å². The van der Waals surface area contributed by atoms with Gasteiger partial charge in [0.2, 0.25) is 5.91 Å². The molecule has 0 bridgehead atoms. The van der Waals surface area contributed by atoms with Gasteiger partial charge < -0.3 is 10.1 Å². The number of alkyl halides is 1. The minimum Gasteiger partial charge on any atom is -0.379 e. The number of rotatable bonds is 6. The lowest BCUT2D eigenvalue weighted by atomic mass is 10.1. The van der Waals surface area contributed by atoms with Crippen molar-refractivity contribution >= 4 is 21.8 Å². The first-order chi connectivity index (χ1) is 8.11. The molecule has 1 rings (SSSR count). The Morgan fingerprint density at radius 3 is 2.65 bits per heavy atom. The van der Waals surface area contributed by atoms with Crippen molar-refractivity contribution in [3.05, 3.63) is 0 Å². The van der Waals surface area contributed by atoms with Crippen molar-refractivity contribution in [3.8, 4) is 0 Å². The number of hydrogen-bond acceptors (Lipinski definition) is 3. The van der Waals surface area contributed by atoms with Crippen LogP contribution >= 0.6 is 15.9 Å². The highest BCUT2D eigenvalue weighted by molar-refractivity contribution is 9.10. The van der Waals surface area contributed by atoms with Gasteiger partial charge >= 0.3 is 0 Å². The molecular weight excluding hydrogens is 284 g/mol. The number of amides is 1. The summed E-state index contributed by atoms with van der Waals surface area (Å²) in [6.45, 7) is 9.57. The van der Waals surface area contributed by atoms with Gasteiger partial charge in [0.1, 0.15) is 0 Å². The molecule has 1 aliphatic heterocycles. The second-order valence-electron chi connectivity index (χ2n) is 4.74. The van der Waals surface area contributed by atoms with Gasteiger partial charge in [-0.2, -0.15) is 0 Å². The van der Waals surface area contributed by atoms with E-state index in [1.807, 2.05) is 13.8 Å². The second kappa shape index (κ2) is 8.06. The summed E-state index contributed by atoms with van der Waals surface area (Å²) in [4.78, 5) is 13.9. The third-order valence-electron chi connectivity index (χ3n) is 2.89. The van der Waals surface area contributed by atoms with Crippen LogP contribution in [-0.2, 0) is 9.53 Å². The Morgan fingerprint density at radius 1 is 1.41 bits per heavy atom. The van der Waals surface area contributed by atoms with E-state index in [0.29, 0.717) is 5.92 Å². The fourth-order valence-electron chi connectivity index (χ4n) is 1.74. The molecular formula is C12H23BrN2O2. The number of hydrogen-bond donors (Lipinski definition) is 1. The molecule has 0 aromatic carbocycles. The number of ether oxygens (including phenoxy) is 1. The summed E-state index contributed by atoms with van der Waals surface area (Å²) in [5, 5.41) is 2.96. The molecule has 1 aliphatic rings. The molecule has 0 aliphatic carbocycles. The third-order valence-corrected chi connectivity index (χ3v) is 4.36. The van der Waals surface area contributed by atoms with Crippen LogP contribution in [0.3, 0.4) is 0 Å². The van der Waals surface area contributed by atoms with E-state index in [2.05, 4.69) is 26.1 Å². The first-order valence-corrected chi connectivity index (χ1v) is 7.24. The minimum atomic E-state index is -0.0779. The van der Waals surface area contributed by atoms with Gasteiger partial charge in [-0.05, 0) is 18.9 Å².